The van der Waals surface area contributed by atoms with Crippen molar-refractivity contribution >= 4 is 44.9 Å². The van der Waals surface area contributed by atoms with Gasteiger partial charge in [-0.1, -0.05) is 43.5 Å². The number of nitrogens with zero attached hydrogens (tertiary/aromatic N) is 5. The molecule has 3 aromatic heterocycles. The molecule has 2 aliphatic rings. The number of thiazole rings is 1. The Hall–Kier alpha value is -4.61. The fourth-order valence-electron chi connectivity index (χ4n) is 6.29. The minimum Gasteiger partial charge on any atom is -0.378 e. The van der Waals surface area contributed by atoms with Crippen molar-refractivity contribution in [3.8, 4) is 17.1 Å². The highest BCUT2D eigenvalue weighted by molar-refractivity contribution is 7.14. The first kappa shape index (κ1) is 30.1. The average molecular weight is 636 g/mol. The highest BCUT2D eigenvalue weighted by Crippen LogP contribution is 2.38. The highest BCUT2D eigenvalue weighted by Gasteiger charge is 2.25. The van der Waals surface area contributed by atoms with E-state index in [9.17, 15) is 9.59 Å². The van der Waals surface area contributed by atoms with E-state index in [4.69, 9.17) is 14.8 Å². The summed E-state index contributed by atoms with van der Waals surface area (Å²) in [4.78, 5) is 37.9. The van der Waals surface area contributed by atoms with Gasteiger partial charge in [-0.05, 0) is 56.2 Å². The zero-order chi connectivity index (χ0) is 31.5. The first-order valence-electron chi connectivity index (χ1n) is 16.0. The number of hydrogen-bond donors (Lipinski definition) is 2. The second-order valence-electron chi connectivity index (χ2n) is 11.9. The van der Waals surface area contributed by atoms with Crippen LogP contribution in [-0.2, 0) is 9.53 Å². The van der Waals surface area contributed by atoms with Crippen LogP contribution in [0.3, 0.4) is 0 Å². The molecule has 0 spiro atoms. The largest absolute Gasteiger partial charge is 0.378 e. The number of anilines is 2. The van der Waals surface area contributed by atoms with Crippen molar-refractivity contribution < 1.29 is 14.3 Å². The Bertz CT molecular complexity index is 1820. The van der Waals surface area contributed by atoms with Gasteiger partial charge in [0.05, 0.1) is 30.1 Å². The number of pyridine rings is 1. The Morgan fingerprint density at radius 3 is 2.57 bits per heavy atom. The fourth-order valence-corrected chi connectivity index (χ4v) is 7.18. The lowest BCUT2D eigenvalue weighted by Gasteiger charge is -2.26. The number of carbonyl (C=O) groups excluding carboxylic acids is 2. The van der Waals surface area contributed by atoms with Gasteiger partial charge >= 0.3 is 0 Å². The van der Waals surface area contributed by atoms with E-state index in [1.165, 1.54) is 19.3 Å². The van der Waals surface area contributed by atoms with E-state index < -0.39 is 6.04 Å². The van der Waals surface area contributed by atoms with E-state index >= 15 is 0 Å². The number of morpholine rings is 1. The molecule has 1 saturated heterocycles. The van der Waals surface area contributed by atoms with Crippen LogP contribution >= 0.6 is 11.3 Å². The summed E-state index contributed by atoms with van der Waals surface area (Å²) in [5.74, 6) is 0.538. The summed E-state index contributed by atoms with van der Waals surface area (Å²) in [5, 5.41) is 14.8. The van der Waals surface area contributed by atoms with Crippen molar-refractivity contribution in [2.45, 2.75) is 51.0 Å². The summed E-state index contributed by atoms with van der Waals surface area (Å²) in [6.45, 7) is 4.81. The maximum atomic E-state index is 13.3. The van der Waals surface area contributed by atoms with Gasteiger partial charge in [-0.15, -0.1) is 11.3 Å². The van der Waals surface area contributed by atoms with Gasteiger partial charge in [-0.25, -0.2) is 14.6 Å². The number of nitrogens with one attached hydrogen (secondary N) is 2. The maximum absolute atomic E-state index is 13.3. The van der Waals surface area contributed by atoms with Gasteiger partial charge < -0.3 is 20.3 Å². The maximum Gasteiger partial charge on any atom is 0.251 e. The molecule has 2 N–H and O–H groups in total. The van der Waals surface area contributed by atoms with Crippen LogP contribution in [0.2, 0.25) is 0 Å². The number of benzene rings is 2. The molecular weight excluding hydrogens is 598 g/mol. The number of carbonyl (C=O) groups is 2. The molecule has 1 atom stereocenters. The molecule has 0 bridgehead atoms. The second kappa shape index (κ2) is 13.4. The van der Waals surface area contributed by atoms with Gasteiger partial charge in [-0.3, -0.25) is 9.59 Å². The van der Waals surface area contributed by atoms with Crippen LogP contribution in [-0.4, -0.2) is 63.9 Å². The van der Waals surface area contributed by atoms with E-state index in [0.29, 0.717) is 17.2 Å². The van der Waals surface area contributed by atoms with Crippen LogP contribution in [0.4, 0.5) is 10.8 Å². The van der Waals surface area contributed by atoms with E-state index in [1.807, 2.05) is 70.7 Å². The van der Waals surface area contributed by atoms with E-state index in [-0.39, 0.29) is 11.8 Å². The van der Waals surface area contributed by atoms with Crippen molar-refractivity contribution in [3.63, 3.8) is 0 Å². The van der Waals surface area contributed by atoms with Crippen molar-refractivity contribution in [2.24, 2.45) is 0 Å². The molecule has 11 heteroatoms. The third-order valence-corrected chi connectivity index (χ3v) is 9.69. The van der Waals surface area contributed by atoms with E-state index in [2.05, 4.69) is 20.5 Å². The Morgan fingerprint density at radius 1 is 1.00 bits per heavy atom. The zero-order valence-electron chi connectivity index (χ0n) is 25.8. The highest BCUT2D eigenvalue weighted by atomic mass is 32.1. The summed E-state index contributed by atoms with van der Waals surface area (Å²) in [7, 11) is 0. The molecule has 10 nitrogen and oxygen atoms in total. The lowest BCUT2D eigenvalue weighted by atomic mass is 9.85. The number of rotatable bonds is 8. The normalized spacial score (nSPS) is 16.3. The number of ether oxygens (including phenoxy) is 1. The van der Waals surface area contributed by atoms with Gasteiger partial charge in [0.15, 0.2) is 10.9 Å². The quantitative estimate of drug-likeness (QED) is 0.209. The third-order valence-electron chi connectivity index (χ3n) is 8.79. The number of hydrogen-bond acceptors (Lipinski definition) is 8. The average Bonchev–Trinajstić information content (AvgIpc) is 3.75. The SMILES string of the molecule is C[C@@H](NC(=O)c1ccc2c(C3CCCCC3)n(-c3ccccn3)nc2c1)C(=O)Nc1ccc(-c2csc(N3CCOCC3)n2)cc1. The van der Waals surface area contributed by atoms with Gasteiger partial charge in [0.25, 0.3) is 5.91 Å². The Morgan fingerprint density at radius 2 is 1.80 bits per heavy atom. The topological polar surface area (TPSA) is 114 Å². The minimum atomic E-state index is -0.749. The van der Waals surface area contributed by atoms with Gasteiger partial charge in [0.2, 0.25) is 5.91 Å². The Kier molecular flexibility index (Phi) is 8.76. The Labute approximate surface area is 271 Å². The molecule has 0 radical (unpaired) electrons. The molecule has 1 aliphatic heterocycles. The smallest absolute Gasteiger partial charge is 0.251 e. The van der Waals surface area contributed by atoms with Crippen LogP contribution in [0.25, 0.3) is 28.0 Å². The summed E-state index contributed by atoms with van der Waals surface area (Å²) >= 11 is 1.62. The molecule has 236 valence electrons. The van der Waals surface area contributed by atoms with Gasteiger partial charge in [0.1, 0.15) is 6.04 Å². The van der Waals surface area contributed by atoms with Crippen molar-refractivity contribution in [1.82, 2.24) is 25.1 Å². The van der Waals surface area contributed by atoms with Crippen molar-refractivity contribution in [1.29, 1.82) is 0 Å². The predicted octanol–water partition coefficient (Wildman–Crippen LogP) is 6.19. The lowest BCUT2D eigenvalue weighted by Crippen LogP contribution is -2.41. The van der Waals surface area contributed by atoms with E-state index in [1.54, 1.807) is 24.5 Å². The van der Waals surface area contributed by atoms with Crippen LogP contribution in [0, 0.1) is 0 Å². The summed E-state index contributed by atoms with van der Waals surface area (Å²) in [6.07, 6.45) is 7.67. The van der Waals surface area contributed by atoms with Crippen LogP contribution < -0.4 is 15.5 Å². The Balaban J connectivity index is 1.02. The molecule has 2 aromatic carbocycles. The number of amides is 2. The molecule has 2 fully saturated rings. The summed E-state index contributed by atoms with van der Waals surface area (Å²) in [6, 6.07) is 18.3. The van der Waals surface area contributed by atoms with E-state index in [0.717, 1.165) is 77.9 Å². The minimum absolute atomic E-state index is 0.301. The number of aromatic nitrogens is 4. The fraction of sp³-hybridized carbons (Fsp3) is 0.343. The molecule has 0 unspecified atom stereocenters. The second-order valence-corrected chi connectivity index (χ2v) is 12.8. The number of fused-ring (bicyclic) bond motifs is 1. The van der Waals surface area contributed by atoms with Crippen molar-refractivity contribution in [3.05, 3.63) is 83.5 Å². The predicted molar refractivity (Wildman–Crippen MR) is 181 cm³/mol. The van der Waals surface area contributed by atoms with Gasteiger partial charge in [-0.2, -0.15) is 5.10 Å². The molecule has 2 amide bonds. The molecule has 1 saturated carbocycles. The molecule has 1 aliphatic carbocycles. The third kappa shape index (κ3) is 6.38. The molecular formula is C35H37N7O3S. The van der Waals surface area contributed by atoms with Gasteiger partial charge in [0, 0.05) is 52.8 Å². The molecule has 4 heterocycles. The molecule has 7 rings (SSSR count). The monoisotopic (exact) mass is 635 g/mol. The molecule has 46 heavy (non-hydrogen) atoms. The zero-order valence-corrected chi connectivity index (χ0v) is 26.6. The first-order chi connectivity index (χ1) is 22.5. The summed E-state index contributed by atoms with van der Waals surface area (Å²) in [5.41, 5.74) is 4.88. The van der Waals surface area contributed by atoms with Crippen molar-refractivity contribution in [2.75, 3.05) is 36.5 Å². The van der Waals surface area contributed by atoms with Crippen LogP contribution in [0.1, 0.15) is 61.0 Å². The molecule has 5 aromatic rings. The standard InChI is InChI=1S/C35H37N7O3S/c1-23(33(43)38-27-13-10-24(11-14-27)30-22-46-35(39-30)41-17-19-45-20-18-41)37-34(44)26-12-15-28-29(21-26)40-42(31-9-5-6-16-36-31)32(28)25-7-3-2-4-8-25/h5-6,9-16,21-23,25H,2-4,7-8,17-20H2,1H3,(H,37,44)(H,38,43)/t23-/m1/s1. The van der Waals surface area contributed by atoms with Crippen LogP contribution in [0.15, 0.2) is 72.2 Å². The lowest BCUT2D eigenvalue weighted by molar-refractivity contribution is -0.117. The summed E-state index contributed by atoms with van der Waals surface area (Å²) < 4.78 is 7.39. The van der Waals surface area contributed by atoms with Crippen LogP contribution in [0.5, 0.6) is 0 Å². The first-order valence-corrected chi connectivity index (χ1v) is 16.9.